The lowest BCUT2D eigenvalue weighted by atomic mass is 10.0. The highest BCUT2D eigenvalue weighted by molar-refractivity contribution is 8.26. The summed E-state index contributed by atoms with van der Waals surface area (Å²) in [6.07, 6.45) is 3.22. The number of carboxylic acid groups (broad SMARTS) is 1. The molecule has 3 fully saturated rings. The highest BCUT2D eigenvalue weighted by Gasteiger charge is 2.32. The fourth-order valence-electron chi connectivity index (χ4n) is 6.19. The summed E-state index contributed by atoms with van der Waals surface area (Å²) in [5, 5.41) is 10.6. The van der Waals surface area contributed by atoms with Crippen molar-refractivity contribution in [3.8, 4) is 22.6 Å². The van der Waals surface area contributed by atoms with E-state index in [9.17, 15) is 14.7 Å². The van der Waals surface area contributed by atoms with Crippen molar-refractivity contribution in [2.24, 2.45) is 0 Å². The van der Waals surface area contributed by atoms with Crippen molar-refractivity contribution in [3.63, 3.8) is 0 Å². The molecular formula is C38H41Cl2N3O7S2. The van der Waals surface area contributed by atoms with E-state index < -0.39 is 5.97 Å². The highest BCUT2D eigenvalue weighted by atomic mass is 35.5. The zero-order valence-corrected chi connectivity index (χ0v) is 31.8. The molecule has 0 spiro atoms. The minimum absolute atomic E-state index is 0.179. The Hall–Kier alpha value is -3.20. The molecular weight excluding hydrogens is 745 g/mol. The van der Waals surface area contributed by atoms with E-state index in [2.05, 4.69) is 9.80 Å². The number of carbonyl (C=O) groups excluding carboxylic acids is 1. The summed E-state index contributed by atoms with van der Waals surface area (Å²) >= 11 is 19.7. The number of halogens is 2. The van der Waals surface area contributed by atoms with Crippen LogP contribution < -0.4 is 9.47 Å². The molecule has 14 heteroatoms. The number of hydrogen-bond acceptors (Lipinski definition) is 10. The molecule has 0 atom stereocenters. The first-order valence-corrected chi connectivity index (χ1v) is 19.3. The zero-order chi connectivity index (χ0) is 36.5. The van der Waals surface area contributed by atoms with Crippen LogP contribution in [-0.4, -0.2) is 115 Å². The first-order chi connectivity index (χ1) is 25.2. The van der Waals surface area contributed by atoms with Crippen molar-refractivity contribution in [1.82, 2.24) is 14.7 Å². The van der Waals surface area contributed by atoms with Gasteiger partial charge in [0.2, 0.25) is 0 Å². The number of benzene rings is 3. The maximum absolute atomic E-state index is 13.7. The van der Waals surface area contributed by atoms with Gasteiger partial charge in [0.15, 0.2) is 0 Å². The summed E-state index contributed by atoms with van der Waals surface area (Å²) in [4.78, 5) is 32.0. The number of carboxylic acids is 1. The molecule has 3 aromatic rings. The van der Waals surface area contributed by atoms with E-state index in [1.165, 1.54) is 11.8 Å². The molecule has 1 N–H and O–H groups in total. The molecule has 276 valence electrons. The summed E-state index contributed by atoms with van der Waals surface area (Å²) in [5.41, 5.74) is 3.44. The number of nitrogens with zero attached hydrogens (tertiary/aromatic N) is 3. The monoisotopic (exact) mass is 785 g/mol. The van der Waals surface area contributed by atoms with Gasteiger partial charge in [-0.15, -0.1) is 0 Å². The second-order valence-electron chi connectivity index (χ2n) is 12.6. The molecule has 3 aliphatic heterocycles. The van der Waals surface area contributed by atoms with Gasteiger partial charge in [0.25, 0.3) is 5.91 Å². The van der Waals surface area contributed by atoms with Crippen LogP contribution in [0, 0.1) is 0 Å². The van der Waals surface area contributed by atoms with E-state index in [-0.39, 0.29) is 11.5 Å². The van der Waals surface area contributed by atoms with Gasteiger partial charge < -0.3 is 24.1 Å². The number of morpholine rings is 2. The first-order valence-electron chi connectivity index (χ1n) is 17.3. The van der Waals surface area contributed by atoms with Gasteiger partial charge in [0.1, 0.15) is 15.8 Å². The Morgan fingerprint density at radius 1 is 0.865 bits per heavy atom. The van der Waals surface area contributed by atoms with E-state index >= 15 is 0 Å². The average Bonchev–Trinajstić information content (AvgIpc) is 3.41. The van der Waals surface area contributed by atoms with Crippen LogP contribution in [0.15, 0.2) is 59.5 Å². The van der Waals surface area contributed by atoms with Crippen LogP contribution in [0.25, 0.3) is 17.2 Å². The number of aromatic carboxylic acids is 1. The number of amides is 1. The van der Waals surface area contributed by atoms with Crippen LogP contribution in [-0.2, 0) is 20.8 Å². The largest absolute Gasteiger partial charge is 0.493 e. The van der Waals surface area contributed by atoms with Crippen molar-refractivity contribution in [1.29, 1.82) is 0 Å². The fraction of sp³-hybridized carbons (Fsp3) is 0.395. The number of thioether (sulfide) groups is 1. The first kappa shape index (κ1) is 38.5. The molecule has 52 heavy (non-hydrogen) atoms. The molecule has 1 amide bonds. The van der Waals surface area contributed by atoms with E-state index in [0.29, 0.717) is 76.7 Å². The van der Waals surface area contributed by atoms with E-state index in [0.717, 1.165) is 74.6 Å². The lowest BCUT2D eigenvalue weighted by Crippen LogP contribution is -2.37. The molecule has 0 aliphatic carbocycles. The zero-order valence-electron chi connectivity index (χ0n) is 28.7. The molecule has 3 heterocycles. The SMILES string of the molecule is O=C(O)c1ccc(OCCCN2C(=O)C(=Cc3cc(-c4ccc(Cl)cc4Cl)ccc3OCCCN3CCOCC3)SC2=S)c(CN2CCOCC2)c1. The van der Waals surface area contributed by atoms with Crippen molar-refractivity contribution in [3.05, 3.63) is 86.2 Å². The van der Waals surface area contributed by atoms with Gasteiger partial charge >= 0.3 is 5.97 Å². The molecule has 10 nitrogen and oxygen atoms in total. The predicted molar refractivity (Wildman–Crippen MR) is 209 cm³/mol. The predicted octanol–water partition coefficient (Wildman–Crippen LogP) is 6.96. The highest BCUT2D eigenvalue weighted by Crippen LogP contribution is 2.38. The van der Waals surface area contributed by atoms with Crippen LogP contribution in [0.1, 0.15) is 34.3 Å². The third-order valence-corrected chi connectivity index (χ3v) is 10.9. The Morgan fingerprint density at radius 2 is 1.54 bits per heavy atom. The molecule has 0 unspecified atom stereocenters. The minimum atomic E-state index is -0.986. The van der Waals surface area contributed by atoms with Crippen molar-refractivity contribution < 1.29 is 33.6 Å². The topological polar surface area (TPSA) is 101 Å². The molecule has 6 rings (SSSR count). The standard InChI is InChI=1S/C38H41Cl2N3O7S2/c39-30-5-6-31(32(40)24-30)26-3-7-33(49-15-1-9-41-11-17-47-18-12-41)28(21-26)23-35-36(44)43(38(51)52-35)10-2-16-50-34-8-4-27(37(45)46)22-29(34)25-42-13-19-48-20-14-42/h3-8,21-24H,1-2,9-20,25H2,(H,45,46). The Balaban J connectivity index is 1.12. The van der Waals surface area contributed by atoms with E-state index in [4.69, 9.17) is 54.4 Å². The number of hydrogen-bond donors (Lipinski definition) is 1. The van der Waals surface area contributed by atoms with E-state index in [1.807, 2.05) is 30.3 Å². The normalized spacial score (nSPS) is 18.0. The number of ether oxygens (including phenoxy) is 4. The summed E-state index contributed by atoms with van der Waals surface area (Å²) in [6.45, 7) is 8.85. The minimum Gasteiger partial charge on any atom is -0.493 e. The van der Waals surface area contributed by atoms with Gasteiger partial charge in [-0.1, -0.05) is 59.3 Å². The van der Waals surface area contributed by atoms with Gasteiger partial charge in [-0.2, -0.15) is 0 Å². The van der Waals surface area contributed by atoms with Crippen molar-refractivity contribution >= 4 is 69.5 Å². The van der Waals surface area contributed by atoms with Crippen molar-refractivity contribution in [2.75, 3.05) is 78.9 Å². The quantitative estimate of drug-likeness (QED) is 0.0984. The maximum Gasteiger partial charge on any atom is 0.335 e. The van der Waals surface area contributed by atoms with Crippen LogP contribution in [0.3, 0.4) is 0 Å². The Kier molecular flexibility index (Phi) is 13.9. The number of carbonyl (C=O) groups is 2. The van der Waals surface area contributed by atoms with Gasteiger partial charge in [0.05, 0.1) is 50.1 Å². The molecule has 0 aromatic heterocycles. The smallest absolute Gasteiger partial charge is 0.335 e. The van der Waals surface area contributed by atoms with Gasteiger partial charge in [-0.05, 0) is 66.9 Å². The molecule has 0 bridgehead atoms. The van der Waals surface area contributed by atoms with Crippen LogP contribution in [0.4, 0.5) is 0 Å². The molecule has 3 saturated heterocycles. The fourth-order valence-corrected chi connectivity index (χ4v) is 8.01. The Morgan fingerprint density at radius 3 is 2.25 bits per heavy atom. The number of rotatable bonds is 15. The van der Waals surface area contributed by atoms with Gasteiger partial charge in [-0.25, -0.2) is 4.79 Å². The third kappa shape index (κ3) is 10.3. The second kappa shape index (κ2) is 18.7. The summed E-state index contributed by atoms with van der Waals surface area (Å²) < 4.78 is 23.8. The lowest BCUT2D eigenvalue weighted by molar-refractivity contribution is -0.122. The molecule has 0 radical (unpaired) electrons. The molecule has 3 aliphatic rings. The Labute approximate surface area is 323 Å². The van der Waals surface area contributed by atoms with Crippen LogP contribution in [0.5, 0.6) is 11.5 Å². The van der Waals surface area contributed by atoms with E-state index in [1.54, 1.807) is 35.2 Å². The Bertz CT molecular complexity index is 1800. The van der Waals surface area contributed by atoms with Crippen molar-refractivity contribution in [2.45, 2.75) is 19.4 Å². The second-order valence-corrected chi connectivity index (χ2v) is 15.1. The van der Waals surface area contributed by atoms with Crippen LogP contribution in [0.2, 0.25) is 10.0 Å². The molecule has 0 saturated carbocycles. The van der Waals surface area contributed by atoms with Crippen LogP contribution >= 0.6 is 47.2 Å². The third-order valence-electron chi connectivity index (χ3n) is 8.98. The number of thiocarbonyl (C=S) groups is 1. The molecule has 3 aromatic carbocycles. The van der Waals surface area contributed by atoms with Gasteiger partial charge in [-0.3, -0.25) is 19.5 Å². The summed E-state index contributed by atoms with van der Waals surface area (Å²) in [5.74, 6) is 0.123. The lowest BCUT2D eigenvalue weighted by Gasteiger charge is -2.27. The average molecular weight is 787 g/mol. The summed E-state index contributed by atoms with van der Waals surface area (Å²) in [7, 11) is 0. The maximum atomic E-state index is 13.7. The summed E-state index contributed by atoms with van der Waals surface area (Å²) in [6, 6.07) is 16.1. The van der Waals surface area contributed by atoms with Gasteiger partial charge in [0, 0.05) is 72.5 Å².